The van der Waals surface area contributed by atoms with Crippen LogP contribution < -0.4 is 11.1 Å². The van der Waals surface area contributed by atoms with Crippen molar-refractivity contribution in [1.29, 1.82) is 5.41 Å². The standard InChI is InChI=1S/C11H15N3O/c1-7(2)11(15)14-9-5-3-8(4-6-9)10(12)13/h3-7H,1-2H3,(H3,12,13)(H,14,15). The number of carbonyl (C=O) groups excluding carboxylic acids is 1. The van der Waals surface area contributed by atoms with Crippen molar-refractivity contribution in [2.45, 2.75) is 13.8 Å². The van der Waals surface area contributed by atoms with Crippen LogP contribution in [0.25, 0.3) is 0 Å². The summed E-state index contributed by atoms with van der Waals surface area (Å²) in [5, 5.41) is 9.96. The fourth-order valence-electron chi connectivity index (χ4n) is 1.02. The Balaban J connectivity index is 2.73. The second-order valence-electron chi connectivity index (χ2n) is 3.63. The molecular formula is C11H15N3O. The van der Waals surface area contributed by atoms with Crippen LogP contribution in [0, 0.1) is 11.3 Å². The van der Waals surface area contributed by atoms with Crippen LogP contribution in [0.15, 0.2) is 24.3 Å². The predicted molar refractivity (Wildman–Crippen MR) is 60.9 cm³/mol. The molecule has 1 amide bonds. The molecule has 1 rings (SSSR count). The Morgan fingerprint density at radius 1 is 1.33 bits per heavy atom. The molecule has 0 atom stereocenters. The molecule has 0 aliphatic rings. The van der Waals surface area contributed by atoms with Gasteiger partial charge in [0.15, 0.2) is 0 Å². The second-order valence-corrected chi connectivity index (χ2v) is 3.63. The Bertz CT molecular complexity index is 368. The first kappa shape index (κ1) is 11.2. The van der Waals surface area contributed by atoms with Crippen LogP contribution >= 0.6 is 0 Å². The van der Waals surface area contributed by atoms with Gasteiger partial charge in [-0.1, -0.05) is 13.8 Å². The minimum absolute atomic E-state index is 0.0226. The maximum atomic E-state index is 11.4. The molecule has 1 aromatic rings. The van der Waals surface area contributed by atoms with Gasteiger partial charge in [0.1, 0.15) is 5.84 Å². The number of anilines is 1. The average Bonchev–Trinajstić information content (AvgIpc) is 2.18. The number of nitrogens with one attached hydrogen (secondary N) is 2. The lowest BCUT2D eigenvalue weighted by atomic mass is 10.1. The highest BCUT2D eigenvalue weighted by Crippen LogP contribution is 2.10. The van der Waals surface area contributed by atoms with Crippen molar-refractivity contribution in [3.8, 4) is 0 Å². The van der Waals surface area contributed by atoms with E-state index in [-0.39, 0.29) is 17.7 Å². The summed E-state index contributed by atoms with van der Waals surface area (Å²) >= 11 is 0. The van der Waals surface area contributed by atoms with E-state index in [2.05, 4.69) is 5.32 Å². The summed E-state index contributed by atoms with van der Waals surface area (Å²) in [5.41, 5.74) is 6.68. The van der Waals surface area contributed by atoms with Gasteiger partial charge in [0, 0.05) is 17.2 Å². The van der Waals surface area contributed by atoms with Gasteiger partial charge >= 0.3 is 0 Å². The van der Waals surface area contributed by atoms with Gasteiger partial charge in [0.05, 0.1) is 0 Å². The summed E-state index contributed by atoms with van der Waals surface area (Å²) in [5.74, 6) is -0.0419. The molecule has 0 heterocycles. The summed E-state index contributed by atoms with van der Waals surface area (Å²) in [6.07, 6.45) is 0. The lowest BCUT2D eigenvalue weighted by Gasteiger charge is -2.07. The van der Waals surface area contributed by atoms with Gasteiger partial charge in [-0.05, 0) is 24.3 Å². The number of rotatable bonds is 3. The van der Waals surface area contributed by atoms with E-state index >= 15 is 0 Å². The van der Waals surface area contributed by atoms with Crippen LogP contribution in [0.4, 0.5) is 5.69 Å². The van der Waals surface area contributed by atoms with Crippen molar-refractivity contribution in [1.82, 2.24) is 0 Å². The summed E-state index contributed by atoms with van der Waals surface area (Å²) < 4.78 is 0. The monoisotopic (exact) mass is 205 g/mol. The van der Waals surface area contributed by atoms with Crippen LogP contribution in [0.1, 0.15) is 19.4 Å². The zero-order chi connectivity index (χ0) is 11.4. The van der Waals surface area contributed by atoms with Crippen LogP contribution in [-0.4, -0.2) is 11.7 Å². The number of nitrogens with two attached hydrogens (primary N) is 1. The molecule has 1 aromatic carbocycles. The maximum absolute atomic E-state index is 11.4. The molecule has 4 heteroatoms. The van der Waals surface area contributed by atoms with Gasteiger partial charge in [-0.3, -0.25) is 10.2 Å². The topological polar surface area (TPSA) is 79.0 Å². The van der Waals surface area contributed by atoms with Crippen LogP contribution in [0.2, 0.25) is 0 Å². The average molecular weight is 205 g/mol. The number of amidine groups is 1. The zero-order valence-electron chi connectivity index (χ0n) is 8.87. The third-order valence-electron chi connectivity index (χ3n) is 1.99. The van der Waals surface area contributed by atoms with Crippen molar-refractivity contribution in [2.75, 3.05) is 5.32 Å². The van der Waals surface area contributed by atoms with Crippen molar-refractivity contribution in [3.05, 3.63) is 29.8 Å². The molecule has 0 radical (unpaired) electrons. The minimum atomic E-state index is -0.0440. The molecule has 0 unspecified atom stereocenters. The molecule has 0 aromatic heterocycles. The number of hydrogen-bond acceptors (Lipinski definition) is 2. The molecule has 4 N–H and O–H groups in total. The summed E-state index contributed by atoms with van der Waals surface area (Å²) in [6, 6.07) is 6.88. The molecule has 0 aliphatic carbocycles. The van der Waals surface area contributed by atoms with Gasteiger partial charge in [-0.25, -0.2) is 0 Å². The number of carbonyl (C=O) groups is 1. The highest BCUT2D eigenvalue weighted by molar-refractivity contribution is 5.96. The summed E-state index contributed by atoms with van der Waals surface area (Å²) in [6.45, 7) is 3.67. The molecule has 4 nitrogen and oxygen atoms in total. The minimum Gasteiger partial charge on any atom is -0.384 e. The van der Waals surface area contributed by atoms with E-state index < -0.39 is 0 Å². The maximum Gasteiger partial charge on any atom is 0.226 e. The van der Waals surface area contributed by atoms with Gasteiger partial charge in [0.25, 0.3) is 0 Å². The number of benzene rings is 1. The first-order valence-corrected chi connectivity index (χ1v) is 4.76. The van der Waals surface area contributed by atoms with E-state index in [9.17, 15) is 4.79 Å². The largest absolute Gasteiger partial charge is 0.384 e. The number of amides is 1. The fraction of sp³-hybridized carbons (Fsp3) is 0.273. The molecular weight excluding hydrogens is 190 g/mol. The summed E-state index contributed by atoms with van der Waals surface area (Å²) in [7, 11) is 0. The third kappa shape index (κ3) is 3.09. The predicted octanol–water partition coefficient (Wildman–Crippen LogP) is 1.57. The van der Waals surface area contributed by atoms with E-state index in [4.69, 9.17) is 11.1 Å². The number of nitrogen functional groups attached to an aromatic ring is 1. The quantitative estimate of drug-likeness (QED) is 0.517. The highest BCUT2D eigenvalue weighted by atomic mass is 16.1. The molecule has 0 saturated heterocycles. The van der Waals surface area contributed by atoms with Crippen LogP contribution in [-0.2, 0) is 4.79 Å². The van der Waals surface area contributed by atoms with E-state index in [0.29, 0.717) is 5.56 Å². The molecule has 80 valence electrons. The smallest absolute Gasteiger partial charge is 0.226 e. The fourth-order valence-corrected chi connectivity index (χ4v) is 1.02. The zero-order valence-corrected chi connectivity index (χ0v) is 8.87. The van der Waals surface area contributed by atoms with E-state index in [0.717, 1.165) is 5.69 Å². The first-order chi connectivity index (χ1) is 7.00. The third-order valence-corrected chi connectivity index (χ3v) is 1.99. The van der Waals surface area contributed by atoms with Gasteiger partial charge in [-0.2, -0.15) is 0 Å². The SMILES string of the molecule is CC(C)C(=O)Nc1ccc(C(=N)N)cc1. The van der Waals surface area contributed by atoms with Crippen LogP contribution in [0.5, 0.6) is 0 Å². The molecule has 0 spiro atoms. The summed E-state index contributed by atoms with van der Waals surface area (Å²) in [4.78, 5) is 11.4. The lowest BCUT2D eigenvalue weighted by molar-refractivity contribution is -0.118. The van der Waals surface area contributed by atoms with E-state index in [1.807, 2.05) is 13.8 Å². The van der Waals surface area contributed by atoms with Crippen molar-refractivity contribution >= 4 is 17.4 Å². The molecule has 0 aliphatic heterocycles. The van der Waals surface area contributed by atoms with E-state index in [1.54, 1.807) is 24.3 Å². The van der Waals surface area contributed by atoms with E-state index in [1.165, 1.54) is 0 Å². The molecule has 15 heavy (non-hydrogen) atoms. The Labute approximate surface area is 89.0 Å². The molecule has 0 bridgehead atoms. The van der Waals surface area contributed by atoms with Crippen molar-refractivity contribution in [3.63, 3.8) is 0 Å². The Hall–Kier alpha value is -1.84. The van der Waals surface area contributed by atoms with Crippen molar-refractivity contribution in [2.24, 2.45) is 11.7 Å². The Morgan fingerprint density at radius 2 is 1.87 bits per heavy atom. The second kappa shape index (κ2) is 4.59. The van der Waals surface area contributed by atoms with Crippen molar-refractivity contribution < 1.29 is 4.79 Å². The first-order valence-electron chi connectivity index (χ1n) is 4.76. The molecule has 0 fully saturated rings. The van der Waals surface area contributed by atoms with Gasteiger partial charge in [-0.15, -0.1) is 0 Å². The Kier molecular flexibility index (Phi) is 3.44. The molecule has 0 saturated carbocycles. The normalized spacial score (nSPS) is 10.1. The number of hydrogen-bond donors (Lipinski definition) is 3. The highest BCUT2D eigenvalue weighted by Gasteiger charge is 2.06. The van der Waals surface area contributed by atoms with Gasteiger partial charge in [0.2, 0.25) is 5.91 Å². The van der Waals surface area contributed by atoms with Crippen LogP contribution in [0.3, 0.4) is 0 Å². The van der Waals surface area contributed by atoms with Gasteiger partial charge < -0.3 is 11.1 Å². The lowest BCUT2D eigenvalue weighted by Crippen LogP contribution is -2.18. The Morgan fingerprint density at radius 3 is 2.27 bits per heavy atom.